The number of aryl methyl sites for hydroxylation is 1. The average Bonchev–Trinajstić information content (AvgIpc) is 1.91. The van der Waals surface area contributed by atoms with Gasteiger partial charge in [-0.15, -0.1) is 0 Å². The van der Waals surface area contributed by atoms with Crippen LogP contribution in [0.3, 0.4) is 0 Å². The Morgan fingerprint density at radius 1 is 2.00 bits per heavy atom. The fraction of sp³-hybridized carbons (Fsp3) is 0.333. The highest BCUT2D eigenvalue weighted by molar-refractivity contribution is 7.06. The first-order valence-corrected chi connectivity index (χ1v) is 2.65. The van der Waals surface area contributed by atoms with E-state index in [4.69, 9.17) is 0 Å². The molecule has 0 unspecified atom stereocenters. The quantitative estimate of drug-likeness (QED) is 0.472. The third-order valence-electron chi connectivity index (χ3n) is 0.638. The number of hydrogen-bond donors (Lipinski definition) is 0. The Kier molecular flexibility index (Phi) is 0.941. The van der Waals surface area contributed by atoms with Gasteiger partial charge < -0.3 is 0 Å². The molecule has 0 bridgehead atoms. The van der Waals surface area contributed by atoms with Gasteiger partial charge in [-0.05, 0) is 0 Å². The van der Waals surface area contributed by atoms with E-state index in [9.17, 15) is 4.79 Å². The van der Waals surface area contributed by atoms with E-state index in [1.807, 2.05) is 0 Å². The summed E-state index contributed by atoms with van der Waals surface area (Å²) in [6, 6.07) is 0. The molecular weight excluding hydrogens is 112 g/mol. The van der Waals surface area contributed by atoms with Crippen LogP contribution < -0.4 is 4.87 Å². The second-order valence-electron chi connectivity index (χ2n) is 1.13. The maximum Gasteiger partial charge on any atom is 0.324 e. The van der Waals surface area contributed by atoms with Crippen molar-refractivity contribution in [2.45, 2.75) is 0 Å². The normalized spacial score (nSPS) is 9.29. The molecule has 0 aliphatic carbocycles. The van der Waals surface area contributed by atoms with Gasteiger partial charge >= 0.3 is 4.87 Å². The Labute approximate surface area is 44.2 Å². The van der Waals surface area contributed by atoms with Crippen molar-refractivity contribution in [3.63, 3.8) is 0 Å². The lowest BCUT2D eigenvalue weighted by molar-refractivity contribution is 0.742. The molecule has 0 aliphatic heterocycles. The largest absolute Gasteiger partial charge is 0.324 e. The molecule has 38 valence electrons. The Morgan fingerprint density at radius 2 is 2.71 bits per heavy atom. The Morgan fingerprint density at radius 3 is 2.86 bits per heavy atom. The van der Waals surface area contributed by atoms with Gasteiger partial charge in [-0.25, -0.2) is 4.68 Å². The molecule has 7 heavy (non-hydrogen) atoms. The summed E-state index contributed by atoms with van der Waals surface area (Å²) in [4.78, 5) is 10.3. The summed E-state index contributed by atoms with van der Waals surface area (Å²) in [5.41, 5.74) is 1.52. The van der Waals surface area contributed by atoms with Gasteiger partial charge in [0.2, 0.25) is 0 Å². The van der Waals surface area contributed by atoms with Gasteiger partial charge in [0.05, 0.1) is 0 Å². The monoisotopic (exact) mass is 116 g/mol. The molecule has 1 heterocycles. The molecular formula is C3H4N2OS. The molecule has 0 aliphatic rings. The number of aromatic nitrogens is 2. The fourth-order valence-corrected chi connectivity index (χ4v) is 0.741. The van der Waals surface area contributed by atoms with E-state index in [-0.39, 0.29) is 4.87 Å². The summed E-state index contributed by atoms with van der Waals surface area (Å²) >= 11 is 1.10. The first kappa shape index (κ1) is 4.52. The van der Waals surface area contributed by atoms with Crippen LogP contribution in [0.4, 0.5) is 0 Å². The first-order chi connectivity index (χ1) is 3.30. The van der Waals surface area contributed by atoms with E-state index in [2.05, 4.69) is 5.10 Å². The first-order valence-electron chi connectivity index (χ1n) is 1.77. The zero-order chi connectivity index (χ0) is 5.28. The van der Waals surface area contributed by atoms with Crippen LogP contribution in [0, 0.1) is 0 Å². The molecule has 3 nitrogen and oxygen atoms in total. The van der Waals surface area contributed by atoms with Crippen LogP contribution in [0.25, 0.3) is 0 Å². The number of nitrogens with zero attached hydrogens (tertiary/aromatic N) is 2. The predicted octanol–water partition coefficient (Wildman–Crippen LogP) is -0.158. The van der Waals surface area contributed by atoms with Gasteiger partial charge in [0.25, 0.3) is 0 Å². The van der Waals surface area contributed by atoms with Crippen molar-refractivity contribution in [1.29, 1.82) is 0 Å². The van der Waals surface area contributed by atoms with Crippen molar-refractivity contribution in [3.8, 4) is 0 Å². The molecule has 0 amide bonds. The Hall–Kier alpha value is -0.640. The number of hydrogen-bond acceptors (Lipinski definition) is 3. The standard InChI is InChI=1S/C3H4N2OS/c1-5-3(6)7-2-4-5/h2H,1H3. The van der Waals surface area contributed by atoms with Crippen LogP contribution >= 0.6 is 11.3 Å². The van der Waals surface area contributed by atoms with E-state index < -0.39 is 0 Å². The SMILES string of the molecule is Cn1ncsc1=O. The Balaban J connectivity index is 3.39. The van der Waals surface area contributed by atoms with Crippen LogP contribution in [0.5, 0.6) is 0 Å². The summed E-state index contributed by atoms with van der Waals surface area (Å²) in [6.07, 6.45) is 0. The van der Waals surface area contributed by atoms with E-state index in [0.29, 0.717) is 0 Å². The second kappa shape index (κ2) is 1.46. The van der Waals surface area contributed by atoms with E-state index in [1.165, 1.54) is 10.2 Å². The lowest BCUT2D eigenvalue weighted by Crippen LogP contribution is -2.08. The van der Waals surface area contributed by atoms with Gasteiger partial charge in [-0.2, -0.15) is 5.10 Å². The Bertz CT molecular complexity index is 201. The summed E-state index contributed by atoms with van der Waals surface area (Å²) in [6.45, 7) is 0. The predicted molar refractivity (Wildman–Crippen MR) is 27.4 cm³/mol. The zero-order valence-electron chi connectivity index (χ0n) is 3.79. The minimum atomic E-state index is -0.0139. The lowest BCUT2D eigenvalue weighted by atomic mass is 11.3. The van der Waals surface area contributed by atoms with Crippen molar-refractivity contribution in [1.82, 2.24) is 9.78 Å². The molecule has 0 fully saturated rings. The molecule has 0 spiro atoms. The molecule has 1 aromatic rings. The van der Waals surface area contributed by atoms with E-state index in [0.717, 1.165) is 11.3 Å². The highest BCUT2D eigenvalue weighted by Crippen LogP contribution is 1.75. The highest BCUT2D eigenvalue weighted by atomic mass is 32.1. The van der Waals surface area contributed by atoms with Gasteiger partial charge in [0.15, 0.2) is 0 Å². The molecule has 4 heteroatoms. The van der Waals surface area contributed by atoms with Gasteiger partial charge in [0, 0.05) is 7.05 Å². The summed E-state index contributed by atoms with van der Waals surface area (Å²) in [5.74, 6) is 0. The minimum absolute atomic E-state index is 0.0139. The third-order valence-corrected chi connectivity index (χ3v) is 1.30. The summed E-state index contributed by atoms with van der Waals surface area (Å²) < 4.78 is 1.30. The van der Waals surface area contributed by atoms with Crippen molar-refractivity contribution in [2.75, 3.05) is 0 Å². The van der Waals surface area contributed by atoms with E-state index >= 15 is 0 Å². The number of rotatable bonds is 0. The van der Waals surface area contributed by atoms with Crippen molar-refractivity contribution in [2.24, 2.45) is 7.05 Å². The van der Waals surface area contributed by atoms with Crippen LogP contribution in [-0.4, -0.2) is 9.78 Å². The molecule has 0 saturated carbocycles. The van der Waals surface area contributed by atoms with Crippen LogP contribution in [0.1, 0.15) is 0 Å². The van der Waals surface area contributed by atoms with E-state index in [1.54, 1.807) is 7.05 Å². The van der Waals surface area contributed by atoms with Gasteiger partial charge in [-0.3, -0.25) is 4.79 Å². The van der Waals surface area contributed by atoms with Gasteiger partial charge in [0.1, 0.15) is 5.51 Å². The van der Waals surface area contributed by atoms with Gasteiger partial charge in [-0.1, -0.05) is 11.3 Å². The van der Waals surface area contributed by atoms with Crippen LogP contribution in [0.15, 0.2) is 10.3 Å². The van der Waals surface area contributed by atoms with Crippen molar-refractivity contribution in [3.05, 3.63) is 15.2 Å². The molecule has 0 saturated heterocycles. The average molecular weight is 116 g/mol. The van der Waals surface area contributed by atoms with Crippen LogP contribution in [0.2, 0.25) is 0 Å². The molecule has 1 aromatic heterocycles. The van der Waals surface area contributed by atoms with Crippen LogP contribution in [-0.2, 0) is 7.05 Å². The summed E-state index contributed by atoms with van der Waals surface area (Å²) in [5, 5.41) is 3.64. The molecule has 0 aromatic carbocycles. The second-order valence-corrected chi connectivity index (χ2v) is 1.92. The molecule has 1 rings (SSSR count). The fourth-order valence-electron chi connectivity index (χ4n) is 0.263. The van der Waals surface area contributed by atoms with Crippen molar-refractivity contribution >= 4 is 11.3 Å². The van der Waals surface area contributed by atoms with Crippen molar-refractivity contribution < 1.29 is 0 Å². The highest BCUT2D eigenvalue weighted by Gasteiger charge is 1.84. The smallest absolute Gasteiger partial charge is 0.255 e. The molecule has 0 radical (unpaired) electrons. The maximum atomic E-state index is 10.3. The zero-order valence-corrected chi connectivity index (χ0v) is 4.60. The molecule has 0 N–H and O–H groups in total. The minimum Gasteiger partial charge on any atom is -0.255 e. The molecule has 0 atom stereocenters. The maximum absolute atomic E-state index is 10.3. The topological polar surface area (TPSA) is 34.9 Å². The third kappa shape index (κ3) is 0.691. The lowest BCUT2D eigenvalue weighted by Gasteiger charge is -1.74. The summed E-state index contributed by atoms with van der Waals surface area (Å²) in [7, 11) is 1.62.